The van der Waals surface area contributed by atoms with E-state index in [1.54, 1.807) is 18.2 Å². The molecule has 4 nitrogen and oxygen atoms in total. The number of halogens is 3. The van der Waals surface area contributed by atoms with Gasteiger partial charge >= 0.3 is 0 Å². The number of hydrogen-bond donors (Lipinski definition) is 1. The molecule has 0 saturated heterocycles. The van der Waals surface area contributed by atoms with Crippen LogP contribution in [0, 0.1) is 11.6 Å². The Balaban J connectivity index is 2.32. The maximum Gasteiger partial charge on any atom is 0.206 e. The van der Waals surface area contributed by atoms with Gasteiger partial charge in [0.1, 0.15) is 11.3 Å². The van der Waals surface area contributed by atoms with E-state index < -0.39 is 11.6 Å². The van der Waals surface area contributed by atoms with E-state index in [1.165, 1.54) is 17.7 Å². The van der Waals surface area contributed by atoms with Gasteiger partial charge in [-0.15, -0.1) is 0 Å². The second kappa shape index (κ2) is 4.89. The van der Waals surface area contributed by atoms with Gasteiger partial charge in [0, 0.05) is 0 Å². The van der Waals surface area contributed by atoms with E-state index in [-0.39, 0.29) is 17.0 Å². The molecule has 0 fully saturated rings. The zero-order chi connectivity index (χ0) is 15.1. The summed E-state index contributed by atoms with van der Waals surface area (Å²) in [6.45, 7) is 0. The average Bonchev–Trinajstić information content (AvgIpc) is 2.80. The van der Waals surface area contributed by atoms with Crippen molar-refractivity contribution in [3.8, 4) is 11.4 Å². The molecule has 2 aromatic carbocycles. The molecule has 7 heteroatoms. The van der Waals surface area contributed by atoms with Crippen molar-refractivity contribution in [3.05, 3.63) is 47.0 Å². The molecule has 2 N–H and O–H groups in total. The van der Waals surface area contributed by atoms with Gasteiger partial charge in [0.05, 0.1) is 23.3 Å². The molecule has 1 heterocycles. The summed E-state index contributed by atoms with van der Waals surface area (Å²) in [7, 11) is 1.48. The molecule has 0 spiro atoms. The quantitative estimate of drug-likeness (QED) is 0.787. The molecule has 1 aromatic heterocycles. The van der Waals surface area contributed by atoms with E-state index in [1.807, 2.05) is 0 Å². The molecule has 0 aliphatic carbocycles. The van der Waals surface area contributed by atoms with Crippen LogP contribution in [-0.2, 0) is 0 Å². The Kier molecular flexibility index (Phi) is 3.17. The molecule has 0 aliphatic rings. The molecular weight excluding hydrogens is 300 g/mol. The Morgan fingerprint density at radius 1 is 1.24 bits per heavy atom. The number of imidazole rings is 1. The van der Waals surface area contributed by atoms with Gasteiger partial charge in [-0.3, -0.25) is 4.57 Å². The van der Waals surface area contributed by atoms with Gasteiger partial charge in [-0.2, -0.15) is 0 Å². The van der Waals surface area contributed by atoms with Gasteiger partial charge in [0.25, 0.3) is 0 Å². The van der Waals surface area contributed by atoms with E-state index in [0.717, 1.165) is 6.07 Å². The summed E-state index contributed by atoms with van der Waals surface area (Å²) in [4.78, 5) is 4.02. The Bertz CT molecular complexity index is 848. The number of nitrogen functional groups attached to an aromatic ring is 1. The smallest absolute Gasteiger partial charge is 0.206 e. The SMILES string of the molecule is COc1ccc(-n2c(N)nc3ccc(F)c(F)c32)cc1Cl. The maximum absolute atomic E-state index is 14.1. The van der Waals surface area contributed by atoms with Crippen molar-refractivity contribution in [2.45, 2.75) is 0 Å². The molecule has 0 amide bonds. The van der Waals surface area contributed by atoms with Gasteiger partial charge in [0.2, 0.25) is 5.95 Å². The lowest BCUT2D eigenvalue weighted by Crippen LogP contribution is -2.02. The van der Waals surface area contributed by atoms with Crippen LogP contribution in [0.2, 0.25) is 5.02 Å². The van der Waals surface area contributed by atoms with Crippen molar-refractivity contribution in [1.29, 1.82) is 0 Å². The van der Waals surface area contributed by atoms with Crippen LogP contribution >= 0.6 is 11.6 Å². The Hall–Kier alpha value is -2.34. The van der Waals surface area contributed by atoms with Crippen molar-refractivity contribution < 1.29 is 13.5 Å². The van der Waals surface area contributed by atoms with Crippen LogP contribution in [0.1, 0.15) is 0 Å². The normalized spacial score (nSPS) is 11.0. The predicted molar refractivity (Wildman–Crippen MR) is 77.0 cm³/mol. The third kappa shape index (κ3) is 2.08. The lowest BCUT2D eigenvalue weighted by molar-refractivity contribution is 0.415. The van der Waals surface area contributed by atoms with Crippen LogP contribution in [-0.4, -0.2) is 16.7 Å². The summed E-state index contributed by atoms with van der Waals surface area (Å²) in [5, 5.41) is 0.327. The highest BCUT2D eigenvalue weighted by molar-refractivity contribution is 6.32. The predicted octanol–water partition coefficient (Wildman–Crippen LogP) is 3.55. The molecule has 0 atom stereocenters. The van der Waals surface area contributed by atoms with Crippen LogP contribution in [0.15, 0.2) is 30.3 Å². The summed E-state index contributed by atoms with van der Waals surface area (Å²) in [6.07, 6.45) is 0. The molecule has 3 rings (SSSR count). The topological polar surface area (TPSA) is 53.1 Å². The fraction of sp³-hybridized carbons (Fsp3) is 0.0714. The summed E-state index contributed by atoms with van der Waals surface area (Å²) < 4.78 is 33.9. The Labute approximate surface area is 123 Å². The molecule has 3 aromatic rings. The summed E-state index contributed by atoms with van der Waals surface area (Å²) >= 11 is 6.05. The summed E-state index contributed by atoms with van der Waals surface area (Å²) in [6, 6.07) is 7.16. The standard InChI is InChI=1S/C14H10ClF2N3O/c1-21-11-5-2-7(6-8(11)15)20-13-10(19-14(20)18)4-3-9(16)12(13)17/h2-6H,1H3,(H2,18,19). The minimum absolute atomic E-state index is 0.0336. The fourth-order valence-electron chi connectivity index (χ4n) is 2.18. The first-order chi connectivity index (χ1) is 10.0. The molecule has 0 bridgehead atoms. The summed E-state index contributed by atoms with van der Waals surface area (Å²) in [5.41, 5.74) is 6.51. The maximum atomic E-state index is 14.1. The number of aromatic nitrogens is 2. The van der Waals surface area contributed by atoms with E-state index in [4.69, 9.17) is 22.1 Å². The second-order valence-electron chi connectivity index (χ2n) is 4.35. The lowest BCUT2D eigenvalue weighted by Gasteiger charge is -2.10. The summed E-state index contributed by atoms with van der Waals surface area (Å²) in [5.74, 6) is -1.47. The average molecular weight is 310 g/mol. The molecule has 21 heavy (non-hydrogen) atoms. The highest BCUT2D eigenvalue weighted by atomic mass is 35.5. The lowest BCUT2D eigenvalue weighted by atomic mass is 10.2. The molecule has 0 unspecified atom stereocenters. The van der Waals surface area contributed by atoms with Crippen molar-refractivity contribution in [2.75, 3.05) is 12.8 Å². The monoisotopic (exact) mass is 309 g/mol. The van der Waals surface area contributed by atoms with Gasteiger partial charge < -0.3 is 10.5 Å². The fourth-order valence-corrected chi connectivity index (χ4v) is 2.43. The minimum atomic E-state index is -1.01. The van der Waals surface area contributed by atoms with Crippen LogP contribution in [0.3, 0.4) is 0 Å². The highest BCUT2D eigenvalue weighted by Crippen LogP contribution is 2.31. The molecular formula is C14H10ClF2N3O. The van der Waals surface area contributed by atoms with Crippen molar-refractivity contribution in [3.63, 3.8) is 0 Å². The number of rotatable bonds is 2. The number of nitrogens with two attached hydrogens (primary N) is 1. The number of hydrogen-bond acceptors (Lipinski definition) is 3. The first kappa shape index (κ1) is 13.6. The van der Waals surface area contributed by atoms with Gasteiger partial charge in [0.15, 0.2) is 11.6 Å². The van der Waals surface area contributed by atoms with Gasteiger partial charge in [-0.05, 0) is 30.3 Å². The number of benzene rings is 2. The highest BCUT2D eigenvalue weighted by Gasteiger charge is 2.17. The van der Waals surface area contributed by atoms with Crippen LogP contribution in [0.25, 0.3) is 16.7 Å². The number of anilines is 1. The third-order valence-corrected chi connectivity index (χ3v) is 3.42. The van der Waals surface area contributed by atoms with E-state index in [2.05, 4.69) is 4.98 Å². The largest absolute Gasteiger partial charge is 0.495 e. The van der Waals surface area contributed by atoms with Crippen molar-refractivity contribution in [2.24, 2.45) is 0 Å². The Morgan fingerprint density at radius 2 is 2.00 bits per heavy atom. The second-order valence-corrected chi connectivity index (χ2v) is 4.76. The molecule has 108 valence electrons. The van der Waals surface area contributed by atoms with Crippen LogP contribution in [0.4, 0.5) is 14.7 Å². The molecule has 0 radical (unpaired) electrons. The minimum Gasteiger partial charge on any atom is -0.495 e. The first-order valence-corrected chi connectivity index (χ1v) is 6.36. The van der Waals surface area contributed by atoms with Crippen LogP contribution < -0.4 is 10.5 Å². The first-order valence-electron chi connectivity index (χ1n) is 5.98. The zero-order valence-electron chi connectivity index (χ0n) is 10.9. The van der Waals surface area contributed by atoms with Gasteiger partial charge in [-0.1, -0.05) is 11.6 Å². The number of ether oxygens (including phenoxy) is 1. The number of fused-ring (bicyclic) bond motifs is 1. The number of nitrogens with zero attached hydrogens (tertiary/aromatic N) is 2. The zero-order valence-corrected chi connectivity index (χ0v) is 11.7. The van der Waals surface area contributed by atoms with Crippen molar-refractivity contribution in [1.82, 2.24) is 9.55 Å². The van der Waals surface area contributed by atoms with E-state index >= 15 is 0 Å². The number of methoxy groups -OCH3 is 1. The Morgan fingerprint density at radius 3 is 2.67 bits per heavy atom. The van der Waals surface area contributed by atoms with Crippen molar-refractivity contribution >= 4 is 28.6 Å². The molecule has 0 saturated carbocycles. The third-order valence-electron chi connectivity index (χ3n) is 3.13. The van der Waals surface area contributed by atoms with E-state index in [0.29, 0.717) is 16.5 Å². The molecule has 0 aliphatic heterocycles. The van der Waals surface area contributed by atoms with Gasteiger partial charge in [-0.25, -0.2) is 13.8 Å². The van der Waals surface area contributed by atoms with Crippen LogP contribution in [0.5, 0.6) is 5.75 Å². The van der Waals surface area contributed by atoms with E-state index in [9.17, 15) is 8.78 Å².